The molecule has 0 aliphatic heterocycles. The lowest BCUT2D eigenvalue weighted by Gasteiger charge is -2.05. The summed E-state index contributed by atoms with van der Waals surface area (Å²) in [5, 5.41) is 8.58. The summed E-state index contributed by atoms with van der Waals surface area (Å²) in [4.78, 5) is 0. The Morgan fingerprint density at radius 2 is 1.60 bits per heavy atom. The molecule has 0 radical (unpaired) electrons. The van der Waals surface area contributed by atoms with E-state index >= 15 is 0 Å². The van der Waals surface area contributed by atoms with Crippen LogP contribution in [0, 0.1) is 0 Å². The van der Waals surface area contributed by atoms with Crippen LogP contribution in [-0.4, -0.2) is 0 Å². The molecule has 0 N–H and O–H groups in total. The highest BCUT2D eigenvalue weighted by Gasteiger charge is 2.03. The van der Waals surface area contributed by atoms with Gasteiger partial charge in [0.2, 0.25) is 0 Å². The summed E-state index contributed by atoms with van der Waals surface area (Å²) in [5.41, 5.74) is 3.61. The van der Waals surface area contributed by atoms with E-state index < -0.39 is 0 Å². The molecule has 106 valence electrons. The molecule has 0 aliphatic rings. The lowest BCUT2D eigenvalue weighted by molar-refractivity contribution is 1.09. The van der Waals surface area contributed by atoms with Crippen molar-refractivity contribution in [3.63, 3.8) is 0 Å². The highest BCUT2D eigenvalue weighted by molar-refractivity contribution is 5.46. The number of rotatable bonds is 7. The van der Waals surface area contributed by atoms with E-state index in [1.54, 1.807) is 6.08 Å². The van der Waals surface area contributed by atoms with Crippen molar-refractivity contribution in [1.82, 2.24) is 0 Å². The van der Waals surface area contributed by atoms with Gasteiger partial charge in [-0.3, -0.25) is 0 Å². The minimum atomic E-state index is 0.763. The minimum Gasteiger partial charge on any atom is -0.151 e. The highest BCUT2D eigenvalue weighted by Crippen LogP contribution is 2.20. The maximum atomic E-state index is 4.33. The van der Waals surface area contributed by atoms with E-state index in [0.29, 0.717) is 0 Å². The van der Waals surface area contributed by atoms with Crippen molar-refractivity contribution in [2.24, 2.45) is 10.2 Å². The van der Waals surface area contributed by atoms with Crippen molar-refractivity contribution in [3.05, 3.63) is 84.3 Å². The molecular formula is C18H24N2. The smallest absolute Gasteiger partial charge is 0.0931 e. The fourth-order valence-corrected chi connectivity index (χ4v) is 1.45. The maximum Gasteiger partial charge on any atom is 0.0931 e. The van der Waals surface area contributed by atoms with E-state index in [9.17, 15) is 0 Å². The zero-order chi connectivity index (χ0) is 15.4. The third-order valence-electron chi connectivity index (χ3n) is 2.52. The standard InChI is InChI=1S/C18H24N2/c1-7-12-16(11-5)19-20-18(14-9-3)17(13-8-2)15(6)10-4/h7-14H,3-4H2,1-2,5-6H3/b12-7-,13-8-,16-11+,17-15+,18-14+,20-19-. The average molecular weight is 268 g/mol. The van der Waals surface area contributed by atoms with Crippen LogP contribution in [0.15, 0.2) is 94.5 Å². The number of allylic oxidation sites excluding steroid dienone is 9. The summed E-state index contributed by atoms with van der Waals surface area (Å²) in [6.45, 7) is 15.4. The van der Waals surface area contributed by atoms with Gasteiger partial charge in [-0.1, -0.05) is 49.6 Å². The van der Waals surface area contributed by atoms with Gasteiger partial charge in [0.05, 0.1) is 11.4 Å². The van der Waals surface area contributed by atoms with Crippen molar-refractivity contribution in [2.45, 2.75) is 27.7 Å². The van der Waals surface area contributed by atoms with Crippen LogP contribution in [-0.2, 0) is 0 Å². The molecule has 0 saturated carbocycles. The molecule has 0 heterocycles. The van der Waals surface area contributed by atoms with E-state index in [1.165, 1.54) is 0 Å². The lowest BCUT2D eigenvalue weighted by Crippen LogP contribution is -1.87. The monoisotopic (exact) mass is 268 g/mol. The van der Waals surface area contributed by atoms with Crippen LogP contribution in [0.5, 0.6) is 0 Å². The van der Waals surface area contributed by atoms with E-state index in [1.807, 2.05) is 70.2 Å². The molecule has 0 aromatic carbocycles. The molecule has 0 aliphatic carbocycles. The van der Waals surface area contributed by atoms with E-state index in [-0.39, 0.29) is 0 Å². The number of nitrogens with zero attached hydrogens (tertiary/aromatic N) is 2. The molecule has 0 fully saturated rings. The first kappa shape index (κ1) is 17.8. The van der Waals surface area contributed by atoms with Gasteiger partial charge in [0.1, 0.15) is 0 Å². The van der Waals surface area contributed by atoms with Crippen molar-refractivity contribution < 1.29 is 0 Å². The first-order valence-corrected chi connectivity index (χ1v) is 6.64. The molecule has 0 aromatic heterocycles. The Bertz CT molecular complexity index is 510. The molecule has 2 heteroatoms. The molecule has 0 unspecified atom stereocenters. The predicted molar refractivity (Wildman–Crippen MR) is 89.4 cm³/mol. The van der Waals surface area contributed by atoms with Gasteiger partial charge in [-0.05, 0) is 45.4 Å². The van der Waals surface area contributed by atoms with Crippen LogP contribution >= 0.6 is 0 Å². The van der Waals surface area contributed by atoms with Crippen molar-refractivity contribution in [3.8, 4) is 0 Å². The quantitative estimate of drug-likeness (QED) is 0.395. The SMILES string of the molecule is C=C/C=C(/N=N\C(\C=C/C)=C\C)C(\C=C/C)=C(/C)C=C. The summed E-state index contributed by atoms with van der Waals surface area (Å²) in [7, 11) is 0. The first-order valence-electron chi connectivity index (χ1n) is 6.64. The van der Waals surface area contributed by atoms with Gasteiger partial charge >= 0.3 is 0 Å². The Morgan fingerprint density at radius 3 is 2.05 bits per heavy atom. The highest BCUT2D eigenvalue weighted by atomic mass is 15.1. The largest absolute Gasteiger partial charge is 0.151 e. The Kier molecular flexibility index (Phi) is 9.49. The van der Waals surface area contributed by atoms with Gasteiger partial charge in [0, 0.05) is 5.57 Å². The second-order valence-corrected chi connectivity index (χ2v) is 4.00. The topological polar surface area (TPSA) is 24.7 Å². The zero-order valence-corrected chi connectivity index (χ0v) is 12.9. The summed E-state index contributed by atoms with van der Waals surface area (Å²) < 4.78 is 0. The Balaban J connectivity index is 5.68. The van der Waals surface area contributed by atoms with Crippen molar-refractivity contribution >= 4 is 0 Å². The van der Waals surface area contributed by atoms with Crippen LogP contribution < -0.4 is 0 Å². The third-order valence-corrected chi connectivity index (χ3v) is 2.52. The Labute approximate surface area is 123 Å². The molecule has 2 nitrogen and oxygen atoms in total. The first-order chi connectivity index (χ1) is 9.64. The molecule has 0 amide bonds. The predicted octanol–water partition coefficient (Wildman–Crippen LogP) is 6.07. The van der Waals surface area contributed by atoms with Gasteiger partial charge in [-0.25, -0.2) is 0 Å². The third kappa shape index (κ3) is 6.10. The van der Waals surface area contributed by atoms with E-state index in [4.69, 9.17) is 0 Å². The maximum absolute atomic E-state index is 4.33. The van der Waals surface area contributed by atoms with Gasteiger partial charge in [0.15, 0.2) is 0 Å². The fraction of sp³-hybridized carbons (Fsp3) is 0.222. The molecule has 0 spiro atoms. The second-order valence-electron chi connectivity index (χ2n) is 4.00. The molecule has 0 atom stereocenters. The minimum absolute atomic E-state index is 0.763. The number of hydrogen-bond donors (Lipinski definition) is 0. The molecule has 0 aromatic rings. The van der Waals surface area contributed by atoms with Gasteiger partial charge in [0.25, 0.3) is 0 Å². The fourth-order valence-electron chi connectivity index (χ4n) is 1.45. The van der Waals surface area contributed by atoms with Gasteiger partial charge in [-0.15, -0.1) is 5.11 Å². The van der Waals surface area contributed by atoms with Crippen LogP contribution in [0.25, 0.3) is 0 Å². The van der Waals surface area contributed by atoms with Crippen LogP contribution in [0.1, 0.15) is 27.7 Å². The van der Waals surface area contributed by atoms with E-state index in [2.05, 4.69) is 23.4 Å². The van der Waals surface area contributed by atoms with Gasteiger partial charge < -0.3 is 0 Å². The number of hydrogen-bond acceptors (Lipinski definition) is 2. The molecular weight excluding hydrogens is 244 g/mol. The summed E-state index contributed by atoms with van der Waals surface area (Å²) in [6.07, 6.45) is 15.1. The van der Waals surface area contributed by atoms with Crippen molar-refractivity contribution in [1.29, 1.82) is 0 Å². The average Bonchev–Trinajstić information content (AvgIpc) is 2.47. The molecule has 0 saturated heterocycles. The molecule has 0 rings (SSSR count). The normalized spacial score (nSPS) is 15.2. The Morgan fingerprint density at radius 1 is 0.950 bits per heavy atom. The summed E-state index contributed by atoms with van der Waals surface area (Å²) in [5.74, 6) is 0. The van der Waals surface area contributed by atoms with Crippen LogP contribution in [0.3, 0.4) is 0 Å². The van der Waals surface area contributed by atoms with Crippen LogP contribution in [0.4, 0.5) is 0 Å². The second kappa shape index (κ2) is 10.7. The molecule has 20 heavy (non-hydrogen) atoms. The molecule has 0 bridgehead atoms. The van der Waals surface area contributed by atoms with Crippen molar-refractivity contribution in [2.75, 3.05) is 0 Å². The summed E-state index contributed by atoms with van der Waals surface area (Å²) in [6, 6.07) is 0. The van der Waals surface area contributed by atoms with Gasteiger partial charge in [-0.2, -0.15) is 5.11 Å². The summed E-state index contributed by atoms with van der Waals surface area (Å²) >= 11 is 0. The zero-order valence-electron chi connectivity index (χ0n) is 12.9. The lowest BCUT2D eigenvalue weighted by atomic mass is 10.1. The van der Waals surface area contributed by atoms with Crippen LogP contribution in [0.2, 0.25) is 0 Å². The van der Waals surface area contributed by atoms with E-state index in [0.717, 1.165) is 22.5 Å². The number of azo groups is 1. The Hall–Kier alpha value is -2.22.